The van der Waals surface area contributed by atoms with Gasteiger partial charge in [-0.2, -0.15) is 4.98 Å². The van der Waals surface area contributed by atoms with Crippen LogP contribution in [0.3, 0.4) is 0 Å². The van der Waals surface area contributed by atoms with E-state index in [1.807, 2.05) is 13.0 Å². The molecule has 1 aliphatic rings. The lowest BCUT2D eigenvalue weighted by molar-refractivity contribution is 0.0565. The van der Waals surface area contributed by atoms with E-state index in [1.54, 1.807) is 17.0 Å². The molecule has 0 N–H and O–H groups in total. The van der Waals surface area contributed by atoms with Crippen molar-refractivity contribution in [2.75, 3.05) is 6.54 Å². The molecule has 1 aromatic carbocycles. The number of fused-ring (bicyclic) bond motifs is 1. The number of likely N-dealkylation sites (tertiary alicyclic amines) is 1. The Balaban J connectivity index is 1.73. The van der Waals surface area contributed by atoms with Gasteiger partial charge in [-0.1, -0.05) is 16.8 Å². The highest BCUT2D eigenvalue weighted by Crippen LogP contribution is 2.33. The van der Waals surface area contributed by atoms with E-state index < -0.39 is 0 Å². The van der Waals surface area contributed by atoms with Gasteiger partial charge in [-0.25, -0.2) is 0 Å². The van der Waals surface area contributed by atoms with E-state index in [-0.39, 0.29) is 11.9 Å². The van der Waals surface area contributed by atoms with Crippen LogP contribution in [0.4, 0.5) is 0 Å². The Morgan fingerprint density at radius 1 is 1.38 bits per heavy atom. The lowest BCUT2D eigenvalue weighted by Crippen LogP contribution is -2.39. The molecule has 124 valence electrons. The molecule has 0 spiro atoms. The molecular weight excluding hydrogens is 330 g/mol. The van der Waals surface area contributed by atoms with E-state index in [2.05, 4.69) is 10.1 Å². The Labute approximate surface area is 143 Å². The molecule has 1 aliphatic heterocycles. The van der Waals surface area contributed by atoms with Crippen LogP contribution in [0.2, 0.25) is 5.02 Å². The van der Waals surface area contributed by atoms with E-state index in [1.165, 1.54) is 6.39 Å². The molecule has 3 heterocycles. The third-order valence-corrected chi connectivity index (χ3v) is 4.77. The number of benzene rings is 1. The predicted octanol–water partition coefficient (Wildman–Crippen LogP) is 4.15. The van der Waals surface area contributed by atoms with Crippen LogP contribution in [0.5, 0.6) is 0 Å². The van der Waals surface area contributed by atoms with E-state index >= 15 is 0 Å². The second-order valence-corrected chi connectivity index (χ2v) is 6.43. The van der Waals surface area contributed by atoms with Crippen LogP contribution < -0.4 is 0 Å². The second-order valence-electron chi connectivity index (χ2n) is 6.00. The molecule has 1 atom stereocenters. The van der Waals surface area contributed by atoms with Crippen LogP contribution in [-0.4, -0.2) is 27.5 Å². The summed E-state index contributed by atoms with van der Waals surface area (Å²) in [5.41, 5.74) is 1.46. The molecule has 1 amide bonds. The van der Waals surface area contributed by atoms with Crippen molar-refractivity contribution >= 4 is 28.5 Å². The van der Waals surface area contributed by atoms with Crippen molar-refractivity contribution in [1.29, 1.82) is 0 Å². The van der Waals surface area contributed by atoms with Crippen LogP contribution in [-0.2, 0) is 0 Å². The van der Waals surface area contributed by atoms with Crippen molar-refractivity contribution in [3.8, 4) is 0 Å². The number of halogens is 1. The van der Waals surface area contributed by atoms with Gasteiger partial charge in [0.25, 0.3) is 5.91 Å². The SMILES string of the molecule is Cc1c(C(=O)N2CCCCC2c2ncon2)oc2ccc(Cl)cc12. The Hall–Kier alpha value is -2.34. The van der Waals surface area contributed by atoms with Gasteiger partial charge >= 0.3 is 0 Å². The quantitative estimate of drug-likeness (QED) is 0.697. The maximum atomic E-state index is 13.1. The third kappa shape index (κ3) is 2.47. The normalized spacial score (nSPS) is 18.2. The Morgan fingerprint density at radius 2 is 2.25 bits per heavy atom. The molecule has 0 aliphatic carbocycles. The summed E-state index contributed by atoms with van der Waals surface area (Å²) in [7, 11) is 0. The average Bonchev–Trinajstić information content (AvgIpc) is 3.23. The number of aryl methyl sites for hydroxylation is 1. The zero-order chi connectivity index (χ0) is 16.7. The number of aromatic nitrogens is 2. The number of hydrogen-bond acceptors (Lipinski definition) is 5. The van der Waals surface area contributed by atoms with Gasteiger partial charge in [0.05, 0.1) is 6.04 Å². The minimum atomic E-state index is -0.179. The van der Waals surface area contributed by atoms with E-state index in [0.717, 1.165) is 30.2 Å². The van der Waals surface area contributed by atoms with Crippen LogP contribution >= 0.6 is 11.6 Å². The lowest BCUT2D eigenvalue weighted by atomic mass is 10.0. The zero-order valence-corrected chi connectivity index (χ0v) is 13.9. The number of nitrogens with zero attached hydrogens (tertiary/aromatic N) is 3. The fourth-order valence-electron chi connectivity index (χ4n) is 3.30. The molecule has 24 heavy (non-hydrogen) atoms. The van der Waals surface area contributed by atoms with E-state index in [4.69, 9.17) is 20.5 Å². The van der Waals surface area contributed by atoms with Gasteiger partial charge in [-0.05, 0) is 44.4 Å². The van der Waals surface area contributed by atoms with Gasteiger partial charge < -0.3 is 13.8 Å². The molecule has 1 unspecified atom stereocenters. The summed E-state index contributed by atoms with van der Waals surface area (Å²) in [4.78, 5) is 19.0. The molecule has 0 radical (unpaired) electrons. The maximum Gasteiger partial charge on any atom is 0.290 e. The standard InChI is InChI=1S/C17H16ClN3O3/c1-10-12-8-11(18)5-6-14(12)24-15(10)17(22)21-7-3-2-4-13(21)16-19-9-23-20-16/h5-6,8-9,13H,2-4,7H2,1H3. The summed E-state index contributed by atoms with van der Waals surface area (Å²) in [6.45, 7) is 2.53. The topological polar surface area (TPSA) is 72.4 Å². The Morgan fingerprint density at radius 3 is 3.04 bits per heavy atom. The highest BCUT2D eigenvalue weighted by molar-refractivity contribution is 6.31. The summed E-state index contributed by atoms with van der Waals surface area (Å²) < 4.78 is 10.7. The smallest absolute Gasteiger partial charge is 0.290 e. The zero-order valence-electron chi connectivity index (χ0n) is 13.2. The van der Waals surface area contributed by atoms with Gasteiger partial charge in [-0.3, -0.25) is 4.79 Å². The molecule has 2 aromatic heterocycles. The van der Waals surface area contributed by atoms with Crippen molar-refractivity contribution in [2.45, 2.75) is 32.2 Å². The first-order valence-corrected chi connectivity index (χ1v) is 8.29. The van der Waals surface area contributed by atoms with E-state index in [9.17, 15) is 4.79 Å². The molecular formula is C17H16ClN3O3. The number of hydrogen-bond donors (Lipinski definition) is 0. The van der Waals surface area contributed by atoms with Crippen molar-refractivity contribution < 1.29 is 13.7 Å². The summed E-state index contributed by atoms with van der Waals surface area (Å²) in [5, 5.41) is 5.39. The molecule has 6 nitrogen and oxygen atoms in total. The van der Waals surface area contributed by atoms with Crippen LogP contribution in [0, 0.1) is 6.92 Å². The minimum Gasteiger partial charge on any atom is -0.451 e. The number of furan rings is 1. The van der Waals surface area contributed by atoms with Gasteiger partial charge in [0.15, 0.2) is 11.6 Å². The average molecular weight is 346 g/mol. The monoisotopic (exact) mass is 345 g/mol. The van der Waals surface area contributed by atoms with Gasteiger partial charge in [0.1, 0.15) is 5.58 Å². The third-order valence-electron chi connectivity index (χ3n) is 4.53. The molecule has 1 saturated heterocycles. The van der Waals surface area contributed by atoms with Crippen LogP contribution in [0.1, 0.15) is 47.2 Å². The van der Waals surface area contributed by atoms with Gasteiger partial charge in [0.2, 0.25) is 6.39 Å². The van der Waals surface area contributed by atoms with Crippen LogP contribution in [0.25, 0.3) is 11.0 Å². The summed E-state index contributed by atoms with van der Waals surface area (Å²) in [6.07, 6.45) is 4.08. The molecule has 0 bridgehead atoms. The summed E-state index contributed by atoms with van der Waals surface area (Å²) in [6, 6.07) is 5.18. The second kappa shape index (κ2) is 5.94. The molecule has 1 fully saturated rings. The number of amides is 1. The molecule has 0 saturated carbocycles. The largest absolute Gasteiger partial charge is 0.451 e. The van der Waals surface area contributed by atoms with E-state index in [0.29, 0.717) is 28.7 Å². The number of carbonyl (C=O) groups excluding carboxylic acids is 1. The molecule has 4 rings (SSSR count). The number of piperidine rings is 1. The highest BCUT2D eigenvalue weighted by atomic mass is 35.5. The summed E-state index contributed by atoms with van der Waals surface area (Å²) in [5.74, 6) is 0.747. The summed E-state index contributed by atoms with van der Waals surface area (Å²) >= 11 is 6.05. The number of rotatable bonds is 2. The molecule has 3 aromatic rings. The fraction of sp³-hybridized carbons (Fsp3) is 0.353. The molecule has 7 heteroatoms. The first kappa shape index (κ1) is 15.2. The van der Waals surface area contributed by atoms with Gasteiger partial charge in [-0.15, -0.1) is 0 Å². The van der Waals surface area contributed by atoms with Crippen molar-refractivity contribution in [1.82, 2.24) is 15.0 Å². The van der Waals surface area contributed by atoms with Crippen molar-refractivity contribution in [2.24, 2.45) is 0 Å². The maximum absolute atomic E-state index is 13.1. The minimum absolute atomic E-state index is 0.144. The van der Waals surface area contributed by atoms with Crippen LogP contribution in [0.15, 0.2) is 33.5 Å². The van der Waals surface area contributed by atoms with Crippen molar-refractivity contribution in [3.05, 3.63) is 46.8 Å². The Kier molecular flexibility index (Phi) is 3.76. The van der Waals surface area contributed by atoms with Gasteiger partial charge in [0, 0.05) is 22.5 Å². The Bertz CT molecular complexity index is 888. The number of carbonyl (C=O) groups is 1. The van der Waals surface area contributed by atoms with Crippen molar-refractivity contribution in [3.63, 3.8) is 0 Å². The fourth-order valence-corrected chi connectivity index (χ4v) is 3.47. The predicted molar refractivity (Wildman–Crippen MR) is 87.9 cm³/mol. The first-order chi connectivity index (χ1) is 11.6. The lowest BCUT2D eigenvalue weighted by Gasteiger charge is -2.33. The highest BCUT2D eigenvalue weighted by Gasteiger charge is 2.34. The first-order valence-electron chi connectivity index (χ1n) is 7.91.